The molecule has 10 heteroatoms. The highest BCUT2D eigenvalue weighted by Crippen LogP contribution is 2.35. The van der Waals surface area contributed by atoms with Crippen LogP contribution in [0.3, 0.4) is 0 Å². The van der Waals surface area contributed by atoms with Crippen molar-refractivity contribution in [2.24, 2.45) is 0 Å². The zero-order valence-corrected chi connectivity index (χ0v) is 19.4. The van der Waals surface area contributed by atoms with E-state index in [0.717, 1.165) is 5.56 Å². The van der Waals surface area contributed by atoms with Gasteiger partial charge in [-0.05, 0) is 41.5 Å². The number of rotatable bonds is 8. The molecule has 0 unspecified atom stereocenters. The third-order valence-corrected chi connectivity index (χ3v) is 7.37. The molecule has 0 spiro atoms. The van der Waals surface area contributed by atoms with Gasteiger partial charge in [-0.15, -0.1) is 0 Å². The number of ether oxygens (including phenoxy) is 3. The molecule has 0 aliphatic carbocycles. The monoisotopic (exact) mass is 484 g/mol. The third kappa shape index (κ3) is 5.19. The van der Waals surface area contributed by atoms with Crippen LogP contribution >= 0.6 is 0 Å². The molecule has 0 atom stereocenters. The zero-order valence-electron chi connectivity index (χ0n) is 18.5. The van der Waals surface area contributed by atoms with Crippen LogP contribution in [-0.2, 0) is 21.4 Å². The molecule has 9 nitrogen and oxygen atoms in total. The Morgan fingerprint density at radius 2 is 1.76 bits per heavy atom. The van der Waals surface area contributed by atoms with Crippen molar-refractivity contribution < 1.29 is 27.6 Å². The molecule has 1 aliphatic rings. The van der Waals surface area contributed by atoms with Gasteiger partial charge in [0.25, 0.3) is 5.69 Å². The fraction of sp³-hybridized carbons (Fsp3) is 0.250. The SMILES string of the molecule is COc1ccc(-c2cc([N+](=O)[O-])ccc2OCc2cccc(S(=O)(=O)N3CCOCC3)c2)cc1. The molecule has 0 radical (unpaired) electrons. The number of hydrogen-bond donors (Lipinski definition) is 0. The van der Waals surface area contributed by atoms with E-state index in [9.17, 15) is 18.5 Å². The summed E-state index contributed by atoms with van der Waals surface area (Å²) in [5.74, 6) is 1.10. The van der Waals surface area contributed by atoms with E-state index >= 15 is 0 Å². The van der Waals surface area contributed by atoms with Gasteiger partial charge in [0.1, 0.15) is 18.1 Å². The standard InChI is InChI=1S/C24H24N2O7S/c1-31-21-8-5-19(6-9-21)23-16-20(26(27)28)7-10-24(23)33-17-18-3-2-4-22(15-18)34(29,30)25-11-13-32-14-12-25/h2-10,15-16H,11-14,17H2,1H3. The summed E-state index contributed by atoms with van der Waals surface area (Å²) in [6.45, 7) is 1.47. The largest absolute Gasteiger partial charge is 0.497 e. The molecular weight excluding hydrogens is 460 g/mol. The molecule has 34 heavy (non-hydrogen) atoms. The molecule has 1 fully saturated rings. The van der Waals surface area contributed by atoms with Crippen molar-refractivity contribution in [2.45, 2.75) is 11.5 Å². The van der Waals surface area contributed by atoms with Gasteiger partial charge in [-0.25, -0.2) is 8.42 Å². The average Bonchev–Trinajstić information content (AvgIpc) is 2.88. The topological polar surface area (TPSA) is 108 Å². The molecule has 0 amide bonds. The molecule has 0 N–H and O–H groups in total. The number of nitro benzene ring substituents is 1. The van der Waals surface area contributed by atoms with Gasteiger partial charge in [0.15, 0.2) is 0 Å². The van der Waals surface area contributed by atoms with Crippen molar-refractivity contribution in [1.82, 2.24) is 4.31 Å². The van der Waals surface area contributed by atoms with Gasteiger partial charge in [-0.1, -0.05) is 24.3 Å². The fourth-order valence-corrected chi connectivity index (χ4v) is 5.13. The van der Waals surface area contributed by atoms with Crippen LogP contribution in [0, 0.1) is 10.1 Å². The van der Waals surface area contributed by atoms with Crippen LogP contribution in [0.2, 0.25) is 0 Å². The van der Waals surface area contributed by atoms with Crippen LogP contribution < -0.4 is 9.47 Å². The molecule has 1 heterocycles. The Balaban J connectivity index is 1.59. The van der Waals surface area contributed by atoms with E-state index in [1.165, 1.54) is 16.4 Å². The number of benzene rings is 3. The number of hydrogen-bond acceptors (Lipinski definition) is 7. The summed E-state index contributed by atoms with van der Waals surface area (Å²) in [4.78, 5) is 11.0. The van der Waals surface area contributed by atoms with Crippen molar-refractivity contribution in [3.05, 3.63) is 82.4 Å². The Hall–Kier alpha value is -3.47. The smallest absolute Gasteiger partial charge is 0.270 e. The quantitative estimate of drug-likeness (QED) is 0.353. The highest BCUT2D eigenvalue weighted by Gasteiger charge is 2.26. The maximum atomic E-state index is 13.0. The first-order chi connectivity index (χ1) is 16.4. The van der Waals surface area contributed by atoms with Gasteiger partial charge in [0, 0.05) is 30.8 Å². The summed E-state index contributed by atoms with van der Waals surface area (Å²) in [7, 11) is -2.07. The Kier molecular flexibility index (Phi) is 7.11. The maximum Gasteiger partial charge on any atom is 0.270 e. The maximum absolute atomic E-state index is 13.0. The number of non-ortho nitro benzene ring substituents is 1. The van der Waals surface area contributed by atoms with Gasteiger partial charge in [0.2, 0.25) is 10.0 Å². The van der Waals surface area contributed by atoms with Crippen LogP contribution in [0.4, 0.5) is 5.69 Å². The predicted molar refractivity (Wildman–Crippen MR) is 125 cm³/mol. The Labute approximate surface area is 197 Å². The van der Waals surface area contributed by atoms with E-state index in [1.54, 1.807) is 61.7 Å². The van der Waals surface area contributed by atoms with Crippen molar-refractivity contribution in [3.8, 4) is 22.6 Å². The van der Waals surface area contributed by atoms with E-state index in [2.05, 4.69) is 0 Å². The second kappa shape index (κ2) is 10.2. The minimum absolute atomic E-state index is 0.0585. The van der Waals surface area contributed by atoms with Crippen LogP contribution in [0.25, 0.3) is 11.1 Å². The first-order valence-electron chi connectivity index (χ1n) is 10.6. The second-order valence-electron chi connectivity index (χ2n) is 7.62. The van der Waals surface area contributed by atoms with E-state index in [0.29, 0.717) is 48.9 Å². The van der Waals surface area contributed by atoms with Crippen LogP contribution in [0.5, 0.6) is 11.5 Å². The number of methoxy groups -OCH3 is 1. The first-order valence-corrected chi connectivity index (χ1v) is 12.0. The Morgan fingerprint density at radius 3 is 2.44 bits per heavy atom. The third-order valence-electron chi connectivity index (χ3n) is 5.48. The fourth-order valence-electron chi connectivity index (χ4n) is 3.65. The second-order valence-corrected chi connectivity index (χ2v) is 9.56. The summed E-state index contributed by atoms with van der Waals surface area (Å²) in [5.41, 5.74) is 1.88. The van der Waals surface area contributed by atoms with Gasteiger partial charge in [0.05, 0.1) is 30.1 Å². The molecule has 178 valence electrons. The molecule has 0 saturated carbocycles. The van der Waals surface area contributed by atoms with Crippen molar-refractivity contribution in [1.29, 1.82) is 0 Å². The van der Waals surface area contributed by atoms with Crippen molar-refractivity contribution in [3.63, 3.8) is 0 Å². The molecule has 3 aromatic rings. The lowest BCUT2D eigenvalue weighted by atomic mass is 10.0. The summed E-state index contributed by atoms with van der Waals surface area (Å²) < 4.78 is 43.8. The molecule has 1 saturated heterocycles. The number of nitrogens with zero attached hydrogens (tertiary/aromatic N) is 2. The molecule has 3 aromatic carbocycles. The zero-order chi connectivity index (χ0) is 24.1. The van der Waals surface area contributed by atoms with Gasteiger partial charge >= 0.3 is 0 Å². The lowest BCUT2D eigenvalue weighted by Gasteiger charge is -2.26. The summed E-state index contributed by atoms with van der Waals surface area (Å²) >= 11 is 0. The predicted octanol–water partition coefficient (Wildman–Crippen LogP) is 3.87. The van der Waals surface area contributed by atoms with Gasteiger partial charge in [-0.2, -0.15) is 4.31 Å². The van der Waals surface area contributed by atoms with E-state index in [4.69, 9.17) is 14.2 Å². The molecule has 1 aliphatic heterocycles. The van der Waals surface area contributed by atoms with E-state index in [-0.39, 0.29) is 17.2 Å². The highest BCUT2D eigenvalue weighted by atomic mass is 32.2. The minimum atomic E-state index is -3.63. The van der Waals surface area contributed by atoms with Crippen LogP contribution in [-0.4, -0.2) is 51.1 Å². The van der Waals surface area contributed by atoms with Crippen LogP contribution in [0.15, 0.2) is 71.6 Å². The molecular formula is C24H24N2O7S. The number of nitro groups is 1. The summed E-state index contributed by atoms with van der Waals surface area (Å²) in [6, 6.07) is 18.1. The van der Waals surface area contributed by atoms with E-state index < -0.39 is 14.9 Å². The first kappa shape index (κ1) is 23.7. The molecule has 4 rings (SSSR count). The van der Waals surface area contributed by atoms with Crippen molar-refractivity contribution in [2.75, 3.05) is 33.4 Å². The number of morpholine rings is 1. The minimum Gasteiger partial charge on any atom is -0.497 e. The summed E-state index contributed by atoms with van der Waals surface area (Å²) in [5, 5.41) is 11.3. The normalized spacial score (nSPS) is 14.5. The van der Waals surface area contributed by atoms with Gasteiger partial charge in [-0.3, -0.25) is 10.1 Å². The average molecular weight is 485 g/mol. The molecule has 0 bridgehead atoms. The Morgan fingerprint density at radius 1 is 1.03 bits per heavy atom. The van der Waals surface area contributed by atoms with Crippen LogP contribution in [0.1, 0.15) is 5.56 Å². The lowest BCUT2D eigenvalue weighted by molar-refractivity contribution is -0.384. The Bertz CT molecular complexity index is 1270. The lowest BCUT2D eigenvalue weighted by Crippen LogP contribution is -2.40. The van der Waals surface area contributed by atoms with Gasteiger partial charge < -0.3 is 14.2 Å². The number of sulfonamides is 1. The molecule has 0 aromatic heterocycles. The highest BCUT2D eigenvalue weighted by molar-refractivity contribution is 7.89. The summed E-state index contributed by atoms with van der Waals surface area (Å²) in [6.07, 6.45) is 0. The van der Waals surface area contributed by atoms with Crippen molar-refractivity contribution >= 4 is 15.7 Å². The van der Waals surface area contributed by atoms with E-state index in [1.807, 2.05) is 0 Å².